The fourth-order valence-electron chi connectivity index (χ4n) is 3.13. The molecule has 116 valence electrons. The highest BCUT2D eigenvalue weighted by Gasteiger charge is 2.45. The smallest absolute Gasteiger partial charge is 0.230 e. The number of nitrogens with zero attached hydrogens (tertiary/aromatic N) is 1. The van der Waals surface area contributed by atoms with Gasteiger partial charge in [-0.05, 0) is 43.5 Å². The van der Waals surface area contributed by atoms with Crippen molar-refractivity contribution in [2.75, 3.05) is 19.6 Å². The van der Waals surface area contributed by atoms with Gasteiger partial charge >= 0.3 is 0 Å². The van der Waals surface area contributed by atoms with Crippen molar-refractivity contribution in [1.29, 1.82) is 0 Å². The van der Waals surface area contributed by atoms with Crippen LogP contribution in [0.1, 0.15) is 32.8 Å². The zero-order valence-electron chi connectivity index (χ0n) is 13.2. The van der Waals surface area contributed by atoms with Crippen molar-refractivity contribution < 1.29 is 4.79 Å². The maximum atomic E-state index is 13.1. The number of carbonyl (C=O) groups is 1. The molecule has 4 heteroatoms. The van der Waals surface area contributed by atoms with Gasteiger partial charge in [-0.15, -0.1) is 0 Å². The van der Waals surface area contributed by atoms with E-state index in [1.807, 2.05) is 36.1 Å². The summed E-state index contributed by atoms with van der Waals surface area (Å²) in [4.78, 5) is 15.0. The van der Waals surface area contributed by atoms with Gasteiger partial charge in [-0.25, -0.2) is 0 Å². The Morgan fingerprint density at radius 3 is 2.76 bits per heavy atom. The van der Waals surface area contributed by atoms with Gasteiger partial charge in [0.2, 0.25) is 5.91 Å². The summed E-state index contributed by atoms with van der Waals surface area (Å²) >= 11 is 6.04. The fraction of sp³-hybridized carbons (Fsp3) is 0.588. The molecule has 1 saturated heterocycles. The van der Waals surface area contributed by atoms with Gasteiger partial charge < -0.3 is 10.2 Å². The van der Waals surface area contributed by atoms with Crippen LogP contribution >= 0.6 is 11.6 Å². The molecule has 1 fully saturated rings. The number of amides is 1. The summed E-state index contributed by atoms with van der Waals surface area (Å²) < 4.78 is 0. The first-order chi connectivity index (χ1) is 9.99. The first-order valence-corrected chi connectivity index (χ1v) is 8.12. The molecule has 0 aromatic heterocycles. The Morgan fingerprint density at radius 2 is 2.24 bits per heavy atom. The minimum absolute atomic E-state index is 0.255. The molecule has 0 saturated carbocycles. The average molecular weight is 309 g/mol. The maximum absolute atomic E-state index is 13.1. The molecular weight excluding hydrogens is 284 g/mol. The standard InChI is InChI=1S/C17H25ClN2O/c1-4-20(11-14-6-5-7-15(18)10-14)16(21)17(13(2)3)8-9-19-12-17/h5-7,10,13,19H,4,8-9,11-12H2,1-3H3. The SMILES string of the molecule is CCN(Cc1cccc(Cl)c1)C(=O)C1(C(C)C)CCNC1. The monoisotopic (exact) mass is 308 g/mol. The Labute approximate surface area is 132 Å². The molecule has 0 aliphatic carbocycles. The number of hydrogen-bond donors (Lipinski definition) is 1. The Balaban J connectivity index is 2.18. The lowest BCUT2D eigenvalue weighted by molar-refractivity contribution is -0.144. The Kier molecular flexibility index (Phi) is 5.28. The van der Waals surface area contributed by atoms with E-state index in [0.717, 1.165) is 36.6 Å². The molecule has 1 heterocycles. The Hall–Kier alpha value is -1.06. The van der Waals surface area contributed by atoms with Crippen LogP contribution in [0.15, 0.2) is 24.3 Å². The van der Waals surface area contributed by atoms with Crippen LogP contribution < -0.4 is 5.32 Å². The highest BCUT2D eigenvalue weighted by molar-refractivity contribution is 6.30. The molecule has 1 aromatic rings. The third kappa shape index (κ3) is 3.41. The predicted octanol–water partition coefficient (Wildman–Crippen LogP) is 3.32. The summed E-state index contributed by atoms with van der Waals surface area (Å²) in [6.07, 6.45) is 0.926. The van der Waals surface area contributed by atoms with Crippen molar-refractivity contribution >= 4 is 17.5 Å². The number of halogens is 1. The maximum Gasteiger partial charge on any atom is 0.230 e. The topological polar surface area (TPSA) is 32.3 Å². The van der Waals surface area contributed by atoms with Gasteiger partial charge in [0.1, 0.15) is 0 Å². The van der Waals surface area contributed by atoms with E-state index in [1.165, 1.54) is 0 Å². The van der Waals surface area contributed by atoms with Crippen molar-refractivity contribution in [2.45, 2.75) is 33.7 Å². The molecular formula is C17H25ClN2O. The number of hydrogen-bond acceptors (Lipinski definition) is 2. The van der Waals surface area contributed by atoms with Crippen LogP contribution in [0.25, 0.3) is 0 Å². The molecule has 1 aliphatic heterocycles. The summed E-state index contributed by atoms with van der Waals surface area (Å²) in [5, 5.41) is 4.08. The highest BCUT2D eigenvalue weighted by Crippen LogP contribution is 2.36. The third-order valence-corrected chi connectivity index (χ3v) is 4.89. The van der Waals surface area contributed by atoms with Gasteiger partial charge in [0.25, 0.3) is 0 Å². The van der Waals surface area contributed by atoms with Crippen molar-refractivity contribution in [2.24, 2.45) is 11.3 Å². The lowest BCUT2D eigenvalue weighted by Crippen LogP contribution is -2.48. The molecule has 1 aromatic carbocycles. The van der Waals surface area contributed by atoms with Crippen LogP contribution in [-0.2, 0) is 11.3 Å². The van der Waals surface area contributed by atoms with Gasteiger partial charge in [0.05, 0.1) is 5.41 Å². The zero-order valence-corrected chi connectivity index (χ0v) is 13.9. The summed E-state index contributed by atoms with van der Waals surface area (Å²) in [7, 11) is 0. The molecule has 1 atom stereocenters. The van der Waals surface area contributed by atoms with Gasteiger partial charge in [0, 0.05) is 24.7 Å². The summed E-state index contributed by atoms with van der Waals surface area (Å²) in [5.74, 6) is 0.610. The molecule has 3 nitrogen and oxygen atoms in total. The molecule has 2 rings (SSSR count). The number of benzene rings is 1. The minimum atomic E-state index is -0.255. The zero-order chi connectivity index (χ0) is 15.5. The van der Waals surface area contributed by atoms with E-state index in [0.29, 0.717) is 12.5 Å². The van der Waals surface area contributed by atoms with Crippen LogP contribution in [0.2, 0.25) is 5.02 Å². The predicted molar refractivity (Wildman–Crippen MR) is 87.3 cm³/mol. The van der Waals surface area contributed by atoms with Crippen molar-refractivity contribution in [3.63, 3.8) is 0 Å². The van der Waals surface area contributed by atoms with Gasteiger partial charge in [-0.3, -0.25) is 4.79 Å². The van der Waals surface area contributed by atoms with Crippen molar-refractivity contribution in [3.8, 4) is 0 Å². The van der Waals surface area contributed by atoms with E-state index < -0.39 is 0 Å². The van der Waals surface area contributed by atoms with Crippen molar-refractivity contribution in [3.05, 3.63) is 34.9 Å². The molecule has 0 spiro atoms. The van der Waals surface area contributed by atoms with E-state index in [2.05, 4.69) is 19.2 Å². The van der Waals surface area contributed by atoms with E-state index in [1.54, 1.807) is 0 Å². The number of carbonyl (C=O) groups excluding carboxylic acids is 1. The van der Waals surface area contributed by atoms with Gasteiger partial charge in [0.15, 0.2) is 0 Å². The van der Waals surface area contributed by atoms with Gasteiger partial charge in [-0.1, -0.05) is 37.6 Å². The highest BCUT2D eigenvalue weighted by atomic mass is 35.5. The summed E-state index contributed by atoms with van der Waals surface area (Å²) in [5.41, 5.74) is 0.830. The largest absolute Gasteiger partial charge is 0.338 e. The lowest BCUT2D eigenvalue weighted by Gasteiger charge is -2.36. The molecule has 1 amide bonds. The van der Waals surface area contributed by atoms with Crippen LogP contribution in [0.3, 0.4) is 0 Å². The average Bonchev–Trinajstić information content (AvgIpc) is 2.95. The number of rotatable bonds is 5. The molecule has 21 heavy (non-hydrogen) atoms. The molecule has 1 N–H and O–H groups in total. The second-order valence-corrected chi connectivity index (χ2v) is 6.62. The minimum Gasteiger partial charge on any atom is -0.338 e. The van der Waals surface area contributed by atoms with Crippen LogP contribution in [0.4, 0.5) is 0 Å². The second kappa shape index (κ2) is 6.80. The fourth-order valence-corrected chi connectivity index (χ4v) is 3.34. The first kappa shape index (κ1) is 16.3. The molecule has 0 radical (unpaired) electrons. The molecule has 0 bridgehead atoms. The number of nitrogens with one attached hydrogen (secondary N) is 1. The second-order valence-electron chi connectivity index (χ2n) is 6.19. The lowest BCUT2D eigenvalue weighted by atomic mass is 9.75. The summed E-state index contributed by atoms with van der Waals surface area (Å²) in [6.45, 7) is 9.41. The van der Waals surface area contributed by atoms with Crippen LogP contribution in [0.5, 0.6) is 0 Å². The van der Waals surface area contributed by atoms with Crippen LogP contribution in [0, 0.1) is 11.3 Å². The molecule has 1 unspecified atom stereocenters. The van der Waals surface area contributed by atoms with Crippen LogP contribution in [-0.4, -0.2) is 30.4 Å². The van der Waals surface area contributed by atoms with E-state index in [4.69, 9.17) is 11.6 Å². The van der Waals surface area contributed by atoms with Gasteiger partial charge in [-0.2, -0.15) is 0 Å². The van der Waals surface area contributed by atoms with Crippen molar-refractivity contribution in [1.82, 2.24) is 10.2 Å². The molecule has 1 aliphatic rings. The van der Waals surface area contributed by atoms with E-state index in [-0.39, 0.29) is 11.3 Å². The van der Waals surface area contributed by atoms with E-state index in [9.17, 15) is 4.79 Å². The third-order valence-electron chi connectivity index (χ3n) is 4.65. The quantitative estimate of drug-likeness (QED) is 0.905. The Morgan fingerprint density at radius 1 is 1.48 bits per heavy atom. The van der Waals surface area contributed by atoms with E-state index >= 15 is 0 Å². The first-order valence-electron chi connectivity index (χ1n) is 7.74. The summed E-state index contributed by atoms with van der Waals surface area (Å²) in [6, 6.07) is 7.76. The Bertz CT molecular complexity index is 495. The normalized spacial score (nSPS) is 21.8.